The molecule has 0 radical (unpaired) electrons. The molecule has 1 heterocycles. The minimum Gasteiger partial charge on any atom is -0.444 e. The van der Waals surface area contributed by atoms with E-state index in [9.17, 15) is 14.9 Å². The topological polar surface area (TPSA) is 109 Å². The fourth-order valence-corrected chi connectivity index (χ4v) is 2.42. The molecular formula is C17H24N4O5. The lowest BCUT2D eigenvalue weighted by Gasteiger charge is -2.21. The van der Waals surface area contributed by atoms with Gasteiger partial charge < -0.3 is 14.8 Å². The number of hydrogen-bond acceptors (Lipinski definition) is 6. The quantitative estimate of drug-likeness (QED) is 0.623. The lowest BCUT2D eigenvalue weighted by molar-refractivity contribution is -0.383. The highest BCUT2D eigenvalue weighted by Crippen LogP contribution is 2.26. The van der Waals surface area contributed by atoms with Gasteiger partial charge in [-0.15, -0.1) is 0 Å². The van der Waals surface area contributed by atoms with Gasteiger partial charge in [0.05, 0.1) is 24.2 Å². The van der Waals surface area contributed by atoms with Crippen LogP contribution in [-0.2, 0) is 23.1 Å². The van der Waals surface area contributed by atoms with E-state index < -0.39 is 16.6 Å². The first-order valence-electron chi connectivity index (χ1n) is 8.23. The molecule has 0 saturated heterocycles. The molecular weight excluding hydrogens is 340 g/mol. The molecule has 1 aromatic heterocycles. The number of nitro benzene ring substituents is 1. The zero-order chi connectivity index (χ0) is 19.5. The average Bonchev–Trinajstić information content (AvgIpc) is 2.83. The molecule has 2 aromatic rings. The van der Waals surface area contributed by atoms with Gasteiger partial charge >= 0.3 is 6.09 Å². The third-order valence-corrected chi connectivity index (χ3v) is 3.36. The van der Waals surface area contributed by atoms with Crippen molar-refractivity contribution in [3.63, 3.8) is 0 Å². The minimum absolute atomic E-state index is 0.0540. The Morgan fingerprint density at radius 1 is 1.42 bits per heavy atom. The second-order valence-corrected chi connectivity index (χ2v) is 7.18. The number of benzene rings is 1. The summed E-state index contributed by atoms with van der Waals surface area (Å²) in [6.07, 6.45) is 1.21. The number of carbonyl (C=O) groups excluding carboxylic acids is 1. The first kappa shape index (κ1) is 19.6. The van der Waals surface area contributed by atoms with E-state index in [1.54, 1.807) is 47.0 Å². The predicted octanol–water partition coefficient (Wildman–Crippen LogP) is 2.91. The number of fused-ring (bicyclic) bond motifs is 1. The molecule has 26 heavy (non-hydrogen) atoms. The number of nitro groups is 1. The van der Waals surface area contributed by atoms with E-state index in [1.807, 2.05) is 0 Å². The van der Waals surface area contributed by atoms with Crippen LogP contribution in [0.25, 0.3) is 10.9 Å². The Labute approximate surface area is 151 Å². The van der Waals surface area contributed by atoms with Crippen molar-refractivity contribution < 1.29 is 19.2 Å². The fraction of sp³-hybridized carbons (Fsp3) is 0.529. The number of non-ortho nitro benzene ring substituents is 1. The zero-order valence-electron chi connectivity index (χ0n) is 15.6. The summed E-state index contributed by atoms with van der Waals surface area (Å²) in [7, 11) is 1.71. The molecule has 1 N–H and O–H groups in total. The summed E-state index contributed by atoms with van der Waals surface area (Å²) < 4.78 is 12.3. The standard InChI is InChI=1S/C17H24N4O5/c1-11(18-16(22)26-17(2,3)4)9-25-10-12-6-13-8-20(5)19-15(13)14(7-12)21(23)24/h6-8,11H,9-10H2,1-5H3,(H,18,22)/t11-/m1/s1. The largest absolute Gasteiger partial charge is 0.444 e. The summed E-state index contributed by atoms with van der Waals surface area (Å²) in [6, 6.07) is 3.00. The summed E-state index contributed by atoms with van der Waals surface area (Å²) in [6.45, 7) is 7.58. The normalized spacial score (nSPS) is 12.8. The SMILES string of the molecule is C[C@H](COCc1cc([N+](=O)[O-])c2nn(C)cc2c1)NC(=O)OC(C)(C)C. The maximum absolute atomic E-state index is 11.7. The second kappa shape index (κ2) is 7.69. The number of alkyl carbamates (subject to hydrolysis) is 1. The number of nitrogens with zero attached hydrogens (tertiary/aromatic N) is 3. The van der Waals surface area contributed by atoms with Crippen LogP contribution in [0.1, 0.15) is 33.3 Å². The molecule has 1 amide bonds. The number of aryl methyl sites for hydroxylation is 1. The van der Waals surface area contributed by atoms with Crippen molar-refractivity contribution in [3.05, 3.63) is 34.0 Å². The zero-order valence-corrected chi connectivity index (χ0v) is 15.6. The van der Waals surface area contributed by atoms with E-state index in [-0.39, 0.29) is 24.9 Å². The van der Waals surface area contributed by atoms with Gasteiger partial charge in [-0.1, -0.05) is 0 Å². The van der Waals surface area contributed by atoms with E-state index >= 15 is 0 Å². The van der Waals surface area contributed by atoms with Crippen molar-refractivity contribution in [2.45, 2.75) is 45.9 Å². The van der Waals surface area contributed by atoms with Gasteiger partial charge in [-0.2, -0.15) is 5.10 Å². The summed E-state index contributed by atoms with van der Waals surface area (Å²) in [5.41, 5.74) is 0.396. The number of aromatic nitrogens is 2. The highest BCUT2D eigenvalue weighted by molar-refractivity contribution is 5.87. The van der Waals surface area contributed by atoms with E-state index in [0.717, 1.165) is 0 Å². The van der Waals surface area contributed by atoms with Crippen LogP contribution in [0.3, 0.4) is 0 Å². The number of rotatable bonds is 6. The second-order valence-electron chi connectivity index (χ2n) is 7.18. The van der Waals surface area contributed by atoms with Crippen LogP contribution in [0.15, 0.2) is 18.3 Å². The van der Waals surface area contributed by atoms with Crippen LogP contribution in [0.5, 0.6) is 0 Å². The number of nitrogens with one attached hydrogen (secondary N) is 1. The van der Waals surface area contributed by atoms with Crippen LogP contribution in [0, 0.1) is 10.1 Å². The lowest BCUT2D eigenvalue weighted by Crippen LogP contribution is -2.39. The third-order valence-electron chi connectivity index (χ3n) is 3.36. The summed E-state index contributed by atoms with van der Waals surface area (Å²) >= 11 is 0. The predicted molar refractivity (Wildman–Crippen MR) is 95.9 cm³/mol. The van der Waals surface area contributed by atoms with E-state index in [1.165, 1.54) is 10.7 Å². The van der Waals surface area contributed by atoms with Crippen molar-refractivity contribution in [1.29, 1.82) is 0 Å². The van der Waals surface area contributed by atoms with Gasteiger partial charge in [-0.3, -0.25) is 14.8 Å². The molecule has 1 aromatic carbocycles. The molecule has 0 aliphatic heterocycles. The molecule has 0 bridgehead atoms. The average molecular weight is 364 g/mol. The molecule has 0 saturated carbocycles. The van der Waals surface area contributed by atoms with Crippen LogP contribution in [0.2, 0.25) is 0 Å². The molecule has 2 rings (SSSR count). The van der Waals surface area contributed by atoms with Crippen molar-refractivity contribution in [1.82, 2.24) is 15.1 Å². The molecule has 0 spiro atoms. The van der Waals surface area contributed by atoms with Crippen molar-refractivity contribution >= 4 is 22.7 Å². The molecule has 0 aliphatic carbocycles. The maximum Gasteiger partial charge on any atom is 0.407 e. The van der Waals surface area contributed by atoms with E-state index in [2.05, 4.69) is 10.4 Å². The molecule has 0 unspecified atom stereocenters. The first-order chi connectivity index (χ1) is 12.0. The van der Waals surface area contributed by atoms with Crippen LogP contribution >= 0.6 is 0 Å². The van der Waals surface area contributed by atoms with Gasteiger partial charge in [-0.25, -0.2) is 4.79 Å². The minimum atomic E-state index is -0.567. The van der Waals surface area contributed by atoms with Crippen LogP contribution < -0.4 is 5.32 Å². The van der Waals surface area contributed by atoms with Crippen molar-refractivity contribution in [2.24, 2.45) is 7.05 Å². The van der Waals surface area contributed by atoms with Gasteiger partial charge in [-0.05, 0) is 39.3 Å². The number of carbonyl (C=O) groups is 1. The van der Waals surface area contributed by atoms with Gasteiger partial charge in [0.15, 0.2) is 5.52 Å². The Hall–Kier alpha value is -2.68. The third kappa shape index (κ3) is 5.41. The van der Waals surface area contributed by atoms with Crippen LogP contribution in [-0.4, -0.2) is 39.0 Å². The Morgan fingerprint density at radius 3 is 2.73 bits per heavy atom. The molecule has 142 valence electrons. The van der Waals surface area contributed by atoms with Gasteiger partial charge in [0, 0.05) is 24.7 Å². The Morgan fingerprint density at radius 2 is 2.12 bits per heavy atom. The van der Waals surface area contributed by atoms with Gasteiger partial charge in [0.2, 0.25) is 0 Å². The smallest absolute Gasteiger partial charge is 0.407 e. The molecule has 0 aliphatic rings. The number of amides is 1. The van der Waals surface area contributed by atoms with Crippen molar-refractivity contribution in [3.8, 4) is 0 Å². The summed E-state index contributed by atoms with van der Waals surface area (Å²) in [5.74, 6) is 0. The lowest BCUT2D eigenvalue weighted by atomic mass is 10.1. The van der Waals surface area contributed by atoms with Crippen LogP contribution in [0.4, 0.5) is 10.5 Å². The maximum atomic E-state index is 11.7. The number of hydrogen-bond donors (Lipinski definition) is 1. The molecule has 0 fully saturated rings. The number of ether oxygens (including phenoxy) is 2. The fourth-order valence-electron chi connectivity index (χ4n) is 2.42. The van der Waals surface area contributed by atoms with Crippen molar-refractivity contribution in [2.75, 3.05) is 6.61 Å². The highest BCUT2D eigenvalue weighted by atomic mass is 16.6. The monoisotopic (exact) mass is 364 g/mol. The highest BCUT2D eigenvalue weighted by Gasteiger charge is 2.19. The van der Waals surface area contributed by atoms with Gasteiger partial charge in [0.25, 0.3) is 5.69 Å². The Balaban J connectivity index is 1.95. The Kier molecular flexibility index (Phi) is 5.81. The van der Waals surface area contributed by atoms with E-state index in [4.69, 9.17) is 9.47 Å². The van der Waals surface area contributed by atoms with E-state index in [0.29, 0.717) is 16.5 Å². The summed E-state index contributed by atoms with van der Waals surface area (Å²) in [5, 5.41) is 18.7. The molecule has 1 atom stereocenters. The summed E-state index contributed by atoms with van der Waals surface area (Å²) in [4.78, 5) is 22.5. The first-order valence-corrected chi connectivity index (χ1v) is 8.23. The molecule has 9 heteroatoms. The Bertz CT molecular complexity index is 809. The van der Waals surface area contributed by atoms with Gasteiger partial charge in [0.1, 0.15) is 5.60 Å². The molecule has 9 nitrogen and oxygen atoms in total.